The predicted octanol–water partition coefficient (Wildman–Crippen LogP) is 4.94. The van der Waals surface area contributed by atoms with Crippen molar-refractivity contribution in [1.82, 2.24) is 29.5 Å². The Balaban J connectivity index is 1.27. The molecule has 10 heteroatoms. The van der Waals surface area contributed by atoms with E-state index in [1.165, 1.54) is 23.5 Å². The zero-order valence-electron chi connectivity index (χ0n) is 18.8. The first-order chi connectivity index (χ1) is 17.2. The Hall–Kier alpha value is -3.89. The molecule has 5 aromatic rings. The molecule has 0 atom stereocenters. The Bertz CT molecular complexity index is 1420. The fraction of sp³-hybridized carbons (Fsp3) is 0.0800. The molecule has 0 aliphatic carbocycles. The van der Waals surface area contributed by atoms with Gasteiger partial charge in [-0.2, -0.15) is 0 Å². The summed E-state index contributed by atoms with van der Waals surface area (Å²) in [5, 5.41) is 21.2. The van der Waals surface area contributed by atoms with Gasteiger partial charge in [-0.3, -0.25) is 9.36 Å². The fourth-order valence-electron chi connectivity index (χ4n) is 3.35. The molecule has 0 bridgehead atoms. The van der Waals surface area contributed by atoms with Gasteiger partial charge in [-0.25, -0.2) is 0 Å². The highest BCUT2D eigenvalue weighted by atomic mass is 32.2. The number of carbonyl (C=O) groups is 1. The molecule has 3 aromatic carbocycles. The smallest absolute Gasteiger partial charge is 0.234 e. The van der Waals surface area contributed by atoms with Crippen molar-refractivity contribution >= 4 is 35.1 Å². The van der Waals surface area contributed by atoms with Gasteiger partial charge in [-0.1, -0.05) is 60.3 Å². The van der Waals surface area contributed by atoms with Gasteiger partial charge in [0.05, 0.1) is 5.75 Å². The molecular formula is C25H21N7OS2. The van der Waals surface area contributed by atoms with Crippen LogP contribution >= 0.6 is 23.5 Å². The van der Waals surface area contributed by atoms with Crippen LogP contribution in [0.15, 0.2) is 106 Å². The third-order valence-corrected chi connectivity index (χ3v) is 7.02. The van der Waals surface area contributed by atoms with Crippen LogP contribution in [0.25, 0.3) is 17.1 Å². The summed E-state index contributed by atoms with van der Waals surface area (Å²) in [7, 11) is 1.90. The van der Waals surface area contributed by atoms with Crippen molar-refractivity contribution in [2.24, 2.45) is 7.05 Å². The normalized spacial score (nSPS) is 10.9. The summed E-state index contributed by atoms with van der Waals surface area (Å²) in [6, 6.07) is 27.4. The van der Waals surface area contributed by atoms with Crippen molar-refractivity contribution in [2.45, 2.75) is 15.2 Å². The van der Waals surface area contributed by atoms with Gasteiger partial charge in [-0.05, 0) is 48.2 Å². The molecule has 0 spiro atoms. The quantitative estimate of drug-likeness (QED) is 0.302. The number of amides is 1. The molecule has 0 fully saturated rings. The van der Waals surface area contributed by atoms with E-state index in [0.717, 1.165) is 32.8 Å². The molecule has 0 saturated carbocycles. The maximum atomic E-state index is 12.7. The Morgan fingerprint density at radius 2 is 1.57 bits per heavy atom. The van der Waals surface area contributed by atoms with Crippen molar-refractivity contribution in [3.8, 4) is 17.1 Å². The van der Waals surface area contributed by atoms with Crippen LogP contribution in [0.5, 0.6) is 0 Å². The summed E-state index contributed by atoms with van der Waals surface area (Å²) in [5.74, 6) is 0.818. The Morgan fingerprint density at radius 3 is 2.26 bits per heavy atom. The van der Waals surface area contributed by atoms with Gasteiger partial charge in [0.2, 0.25) is 5.91 Å². The van der Waals surface area contributed by atoms with Gasteiger partial charge >= 0.3 is 0 Å². The minimum Gasteiger partial charge on any atom is -0.325 e. The SMILES string of the molecule is Cn1cnnc1Sc1ccc(NC(=O)CSc2nnc(-c3ccccc3)n2-c2ccccc2)cc1. The zero-order valence-corrected chi connectivity index (χ0v) is 20.4. The van der Waals surface area contributed by atoms with Crippen LogP contribution in [-0.2, 0) is 11.8 Å². The standard InChI is InChI=1S/C25H21N7OS2/c1-31-17-26-29-24(31)35-21-14-12-19(13-15-21)27-22(33)16-34-25-30-28-23(18-8-4-2-5-9-18)32(25)20-10-6-3-7-11-20/h2-15,17H,16H2,1H3,(H,27,33). The minimum absolute atomic E-state index is 0.118. The molecule has 2 heterocycles. The number of hydrogen-bond donors (Lipinski definition) is 1. The highest BCUT2D eigenvalue weighted by Gasteiger charge is 2.17. The van der Waals surface area contributed by atoms with Crippen LogP contribution in [0.1, 0.15) is 0 Å². The first kappa shape index (κ1) is 22.9. The summed E-state index contributed by atoms with van der Waals surface area (Å²) in [6.45, 7) is 0. The van der Waals surface area contributed by atoms with Gasteiger partial charge in [0.15, 0.2) is 16.1 Å². The lowest BCUT2D eigenvalue weighted by Crippen LogP contribution is -2.14. The molecule has 0 unspecified atom stereocenters. The van der Waals surface area contributed by atoms with Gasteiger partial charge in [-0.15, -0.1) is 20.4 Å². The van der Waals surface area contributed by atoms with E-state index in [2.05, 4.69) is 25.7 Å². The van der Waals surface area contributed by atoms with Crippen molar-refractivity contribution < 1.29 is 4.79 Å². The number of carbonyl (C=O) groups excluding carboxylic acids is 1. The van der Waals surface area contributed by atoms with Crippen LogP contribution in [-0.4, -0.2) is 41.2 Å². The molecule has 2 aromatic heterocycles. The minimum atomic E-state index is -0.118. The van der Waals surface area contributed by atoms with Crippen molar-refractivity contribution in [1.29, 1.82) is 0 Å². The largest absolute Gasteiger partial charge is 0.325 e. The number of thioether (sulfide) groups is 1. The molecule has 8 nitrogen and oxygen atoms in total. The number of para-hydroxylation sites is 1. The third-order valence-electron chi connectivity index (χ3n) is 5.03. The first-order valence-electron chi connectivity index (χ1n) is 10.8. The number of nitrogens with zero attached hydrogens (tertiary/aromatic N) is 6. The number of rotatable bonds is 8. The summed E-state index contributed by atoms with van der Waals surface area (Å²) in [5.41, 5.74) is 2.63. The zero-order chi connectivity index (χ0) is 24.0. The summed E-state index contributed by atoms with van der Waals surface area (Å²) in [4.78, 5) is 13.7. The molecule has 0 saturated heterocycles. The van der Waals surface area contributed by atoms with Gasteiger partial charge < -0.3 is 9.88 Å². The highest BCUT2D eigenvalue weighted by Crippen LogP contribution is 2.29. The van der Waals surface area contributed by atoms with E-state index >= 15 is 0 Å². The van der Waals surface area contributed by atoms with Crippen molar-refractivity contribution in [3.05, 3.63) is 91.3 Å². The van der Waals surface area contributed by atoms with Crippen LogP contribution < -0.4 is 5.32 Å². The van der Waals surface area contributed by atoms with Crippen LogP contribution in [0.2, 0.25) is 0 Å². The average molecular weight is 500 g/mol. The predicted molar refractivity (Wildman–Crippen MR) is 138 cm³/mol. The molecule has 174 valence electrons. The third kappa shape index (κ3) is 5.44. The summed E-state index contributed by atoms with van der Waals surface area (Å²) < 4.78 is 3.83. The summed E-state index contributed by atoms with van der Waals surface area (Å²) >= 11 is 2.86. The van der Waals surface area contributed by atoms with E-state index in [1.54, 1.807) is 6.33 Å². The van der Waals surface area contributed by atoms with Crippen molar-refractivity contribution in [3.63, 3.8) is 0 Å². The lowest BCUT2D eigenvalue weighted by molar-refractivity contribution is -0.113. The number of benzene rings is 3. The maximum absolute atomic E-state index is 12.7. The van der Waals surface area contributed by atoms with Gasteiger partial charge in [0, 0.05) is 28.9 Å². The second-order valence-corrected chi connectivity index (χ2v) is 9.51. The fourth-order valence-corrected chi connectivity index (χ4v) is 4.87. The number of anilines is 1. The Morgan fingerprint density at radius 1 is 0.857 bits per heavy atom. The van der Waals surface area contributed by atoms with Crippen LogP contribution in [0.3, 0.4) is 0 Å². The van der Waals surface area contributed by atoms with E-state index in [1.807, 2.05) is 101 Å². The average Bonchev–Trinajstić information content (AvgIpc) is 3.51. The van der Waals surface area contributed by atoms with E-state index in [-0.39, 0.29) is 11.7 Å². The van der Waals surface area contributed by atoms with E-state index in [0.29, 0.717) is 5.16 Å². The molecule has 0 aliphatic rings. The Kier molecular flexibility index (Phi) is 6.92. The molecule has 0 aliphatic heterocycles. The highest BCUT2D eigenvalue weighted by molar-refractivity contribution is 7.99. The monoisotopic (exact) mass is 499 g/mol. The molecule has 5 rings (SSSR count). The van der Waals surface area contributed by atoms with Crippen LogP contribution in [0, 0.1) is 0 Å². The molecular weight excluding hydrogens is 478 g/mol. The number of aryl methyl sites for hydroxylation is 1. The molecule has 35 heavy (non-hydrogen) atoms. The summed E-state index contributed by atoms with van der Waals surface area (Å²) in [6.07, 6.45) is 1.66. The van der Waals surface area contributed by atoms with Crippen LogP contribution in [0.4, 0.5) is 5.69 Å². The van der Waals surface area contributed by atoms with Crippen molar-refractivity contribution in [2.75, 3.05) is 11.1 Å². The lowest BCUT2D eigenvalue weighted by atomic mass is 10.2. The maximum Gasteiger partial charge on any atom is 0.234 e. The molecule has 1 N–H and O–H groups in total. The first-order valence-corrected chi connectivity index (χ1v) is 12.6. The molecule has 1 amide bonds. The van der Waals surface area contributed by atoms with Gasteiger partial charge in [0.25, 0.3) is 0 Å². The van der Waals surface area contributed by atoms with E-state index < -0.39 is 0 Å². The lowest BCUT2D eigenvalue weighted by Gasteiger charge is -2.10. The number of nitrogens with one attached hydrogen (secondary N) is 1. The second-order valence-electron chi connectivity index (χ2n) is 7.53. The Labute approximate surface area is 210 Å². The van der Waals surface area contributed by atoms with Gasteiger partial charge in [0.1, 0.15) is 6.33 Å². The topological polar surface area (TPSA) is 90.5 Å². The number of hydrogen-bond acceptors (Lipinski definition) is 7. The van der Waals surface area contributed by atoms with E-state index in [9.17, 15) is 4.79 Å². The van der Waals surface area contributed by atoms with E-state index in [4.69, 9.17) is 0 Å². The second kappa shape index (κ2) is 10.6. The molecule has 0 radical (unpaired) electrons. The number of aromatic nitrogens is 6.